The van der Waals surface area contributed by atoms with E-state index in [4.69, 9.17) is 9.47 Å². The van der Waals surface area contributed by atoms with Crippen LogP contribution in [0.4, 0.5) is 0 Å². The summed E-state index contributed by atoms with van der Waals surface area (Å²) in [4.78, 5) is 34.0. The van der Waals surface area contributed by atoms with E-state index >= 15 is 0 Å². The minimum atomic E-state index is -0.694. The van der Waals surface area contributed by atoms with Gasteiger partial charge in [0.05, 0.1) is 30.8 Å². The van der Waals surface area contributed by atoms with E-state index in [1.807, 2.05) is 55.5 Å². The first-order chi connectivity index (χ1) is 17.5. The zero-order valence-corrected chi connectivity index (χ0v) is 20.8. The van der Waals surface area contributed by atoms with Gasteiger partial charge in [-0.2, -0.15) is 0 Å². The van der Waals surface area contributed by atoms with Crippen molar-refractivity contribution < 1.29 is 19.1 Å². The Kier molecular flexibility index (Phi) is 8.00. The molecular formula is C29H31N3O4. The number of allylic oxidation sites excluding steroid dienone is 2. The van der Waals surface area contributed by atoms with Gasteiger partial charge in [0, 0.05) is 28.8 Å². The Morgan fingerprint density at radius 1 is 0.889 bits per heavy atom. The minimum absolute atomic E-state index is 0.295. The molecule has 36 heavy (non-hydrogen) atoms. The molecule has 0 aliphatic carbocycles. The molecule has 2 aromatic carbocycles. The minimum Gasteiger partial charge on any atom is -0.466 e. The second kappa shape index (κ2) is 11.5. The Morgan fingerprint density at radius 3 is 2.19 bits per heavy atom. The summed E-state index contributed by atoms with van der Waals surface area (Å²) in [5, 5.41) is 3.16. The molecule has 4 rings (SSSR count). The lowest BCUT2D eigenvalue weighted by Gasteiger charge is -2.29. The number of carbonyl (C=O) groups excluding carboxylic acids is 2. The summed E-state index contributed by atoms with van der Waals surface area (Å²) in [5.74, 6) is -1.02. The smallest absolute Gasteiger partial charge is 0.336 e. The lowest BCUT2D eigenvalue weighted by atomic mass is 9.83. The summed E-state index contributed by atoms with van der Waals surface area (Å²) >= 11 is 0. The van der Waals surface area contributed by atoms with Crippen LogP contribution in [-0.4, -0.2) is 35.6 Å². The van der Waals surface area contributed by atoms with Crippen molar-refractivity contribution in [2.45, 2.75) is 39.0 Å². The highest BCUT2D eigenvalue weighted by Gasteiger charge is 2.38. The van der Waals surface area contributed by atoms with Gasteiger partial charge < -0.3 is 19.8 Å². The molecule has 2 heterocycles. The fourth-order valence-corrected chi connectivity index (χ4v) is 4.50. The van der Waals surface area contributed by atoms with Gasteiger partial charge in [-0.25, -0.2) is 14.6 Å². The molecule has 0 spiro atoms. The number of aryl methyl sites for hydroxylation is 1. The molecule has 0 saturated carbocycles. The van der Waals surface area contributed by atoms with Gasteiger partial charge in [-0.3, -0.25) is 0 Å². The number of nitrogens with one attached hydrogen (secondary N) is 2. The molecule has 1 aromatic heterocycles. The molecular weight excluding hydrogens is 454 g/mol. The van der Waals surface area contributed by atoms with Crippen molar-refractivity contribution in [3.63, 3.8) is 0 Å². The van der Waals surface area contributed by atoms with Crippen LogP contribution >= 0.6 is 0 Å². The number of hydrogen-bond acceptors (Lipinski definition) is 6. The van der Waals surface area contributed by atoms with Crippen molar-refractivity contribution >= 4 is 11.9 Å². The number of benzene rings is 2. The van der Waals surface area contributed by atoms with Crippen LogP contribution in [0.2, 0.25) is 0 Å². The summed E-state index contributed by atoms with van der Waals surface area (Å²) in [6.45, 7) is 3.90. The highest BCUT2D eigenvalue weighted by atomic mass is 16.5. The predicted octanol–water partition coefficient (Wildman–Crippen LogP) is 5.05. The summed E-state index contributed by atoms with van der Waals surface area (Å²) < 4.78 is 10.8. The fraction of sp³-hybridized carbons (Fsp3) is 0.276. The fourth-order valence-electron chi connectivity index (χ4n) is 4.50. The van der Waals surface area contributed by atoms with Crippen LogP contribution in [0.5, 0.6) is 0 Å². The predicted molar refractivity (Wildman–Crippen MR) is 138 cm³/mol. The Morgan fingerprint density at radius 2 is 1.53 bits per heavy atom. The maximum Gasteiger partial charge on any atom is 0.336 e. The molecule has 0 bridgehead atoms. The number of esters is 2. The van der Waals surface area contributed by atoms with Crippen molar-refractivity contribution in [2.75, 3.05) is 13.7 Å². The van der Waals surface area contributed by atoms with E-state index in [1.54, 1.807) is 13.1 Å². The zero-order chi connectivity index (χ0) is 25.5. The van der Waals surface area contributed by atoms with E-state index in [1.165, 1.54) is 12.7 Å². The summed E-state index contributed by atoms with van der Waals surface area (Å²) in [7, 11) is 1.33. The molecule has 7 nitrogen and oxygen atoms in total. The highest BCUT2D eigenvalue weighted by Crippen LogP contribution is 2.39. The van der Waals surface area contributed by atoms with Gasteiger partial charge in [-0.1, -0.05) is 60.7 Å². The lowest BCUT2D eigenvalue weighted by molar-refractivity contribution is -0.139. The third-order valence-corrected chi connectivity index (χ3v) is 6.28. The second-order valence-electron chi connectivity index (χ2n) is 8.76. The number of rotatable bonds is 9. The van der Waals surface area contributed by atoms with Crippen molar-refractivity contribution in [1.29, 1.82) is 0 Å². The number of nitrogens with zero attached hydrogens (tertiary/aromatic N) is 1. The molecule has 0 fully saturated rings. The van der Waals surface area contributed by atoms with Crippen molar-refractivity contribution in [2.24, 2.45) is 0 Å². The number of ether oxygens (including phenoxy) is 2. The summed E-state index contributed by atoms with van der Waals surface area (Å²) in [6, 6.07) is 19.9. The van der Waals surface area contributed by atoms with E-state index in [9.17, 15) is 9.59 Å². The van der Waals surface area contributed by atoms with Crippen LogP contribution in [0.15, 0.2) is 89.4 Å². The van der Waals surface area contributed by atoms with Crippen LogP contribution in [0.25, 0.3) is 11.4 Å². The molecule has 1 unspecified atom stereocenters. The molecule has 2 N–H and O–H groups in total. The largest absolute Gasteiger partial charge is 0.466 e. The van der Waals surface area contributed by atoms with E-state index in [-0.39, 0.29) is 0 Å². The number of aromatic nitrogens is 2. The van der Waals surface area contributed by atoms with Gasteiger partial charge in [-0.05, 0) is 38.7 Å². The highest BCUT2D eigenvalue weighted by molar-refractivity contribution is 5.99. The van der Waals surface area contributed by atoms with Crippen LogP contribution in [0.1, 0.15) is 43.9 Å². The number of hydrogen-bond donors (Lipinski definition) is 2. The van der Waals surface area contributed by atoms with Gasteiger partial charge in [0.1, 0.15) is 5.82 Å². The van der Waals surface area contributed by atoms with Gasteiger partial charge in [0.2, 0.25) is 0 Å². The Bertz CT molecular complexity index is 1280. The molecule has 0 amide bonds. The second-order valence-corrected chi connectivity index (χ2v) is 8.76. The molecule has 1 atom stereocenters. The zero-order valence-electron chi connectivity index (χ0n) is 20.8. The molecule has 1 aliphatic rings. The number of dihydropyridines is 1. The number of methoxy groups -OCH3 is 1. The number of carbonyl (C=O) groups is 2. The van der Waals surface area contributed by atoms with Gasteiger partial charge in [-0.15, -0.1) is 0 Å². The SMILES string of the molecule is COC(=O)C1=C(C)NC(C)=C(C(=O)OCCCCc2ccccc2)C1c1cnc(-c2ccccc2)[nH]1. The summed E-state index contributed by atoms with van der Waals surface area (Å²) in [5.41, 5.74) is 4.76. The average molecular weight is 486 g/mol. The number of imidazole rings is 1. The molecule has 0 radical (unpaired) electrons. The van der Waals surface area contributed by atoms with E-state index in [2.05, 4.69) is 27.4 Å². The molecule has 1 aliphatic heterocycles. The molecule has 3 aromatic rings. The number of unbranched alkanes of at least 4 members (excludes halogenated alkanes) is 1. The first-order valence-corrected chi connectivity index (χ1v) is 12.1. The maximum absolute atomic E-state index is 13.3. The number of aromatic amines is 1. The van der Waals surface area contributed by atoms with Gasteiger partial charge in [0.25, 0.3) is 0 Å². The van der Waals surface area contributed by atoms with Crippen molar-refractivity contribution in [1.82, 2.24) is 15.3 Å². The first kappa shape index (κ1) is 25.0. The maximum atomic E-state index is 13.3. The number of H-pyrrole nitrogens is 1. The average Bonchev–Trinajstić information content (AvgIpc) is 3.39. The quantitative estimate of drug-likeness (QED) is 0.325. The van der Waals surface area contributed by atoms with E-state index < -0.39 is 17.9 Å². The van der Waals surface area contributed by atoms with Crippen LogP contribution in [0, 0.1) is 0 Å². The third-order valence-electron chi connectivity index (χ3n) is 6.28. The van der Waals surface area contributed by atoms with Crippen LogP contribution in [0.3, 0.4) is 0 Å². The normalized spacial score (nSPS) is 15.5. The Labute approximate surface area is 211 Å². The Hall–Kier alpha value is -4.13. The van der Waals surface area contributed by atoms with Gasteiger partial charge in [0.15, 0.2) is 0 Å². The van der Waals surface area contributed by atoms with E-state index in [0.717, 1.165) is 24.8 Å². The monoisotopic (exact) mass is 485 g/mol. The first-order valence-electron chi connectivity index (χ1n) is 12.1. The van der Waals surface area contributed by atoms with Crippen LogP contribution < -0.4 is 5.32 Å². The summed E-state index contributed by atoms with van der Waals surface area (Å²) in [6.07, 6.45) is 4.24. The van der Waals surface area contributed by atoms with E-state index in [0.29, 0.717) is 40.7 Å². The Balaban J connectivity index is 1.54. The lowest BCUT2D eigenvalue weighted by Crippen LogP contribution is -2.32. The van der Waals surface area contributed by atoms with Crippen LogP contribution in [-0.2, 0) is 25.5 Å². The van der Waals surface area contributed by atoms with Crippen molar-refractivity contribution in [3.8, 4) is 11.4 Å². The molecule has 186 valence electrons. The molecule has 7 heteroatoms. The van der Waals surface area contributed by atoms with Gasteiger partial charge >= 0.3 is 11.9 Å². The van der Waals surface area contributed by atoms with Crippen molar-refractivity contribution in [3.05, 3.63) is 101 Å². The topological polar surface area (TPSA) is 93.3 Å². The standard InChI is InChI=1S/C29H31N3O4/c1-19-24(28(33)35-3)26(23-18-30-27(32-23)22-15-8-5-9-16-22)25(20(2)31-19)29(34)36-17-11-10-14-21-12-6-4-7-13-21/h4-9,12-13,15-16,18,26,31H,10-11,14,17H2,1-3H3,(H,30,32). The third kappa shape index (κ3) is 5.57. The molecule has 0 saturated heterocycles.